The van der Waals surface area contributed by atoms with E-state index >= 15 is 0 Å². The van der Waals surface area contributed by atoms with E-state index < -0.39 is 28.0 Å². The lowest BCUT2D eigenvalue weighted by Gasteiger charge is -2.29. The normalized spacial score (nSPS) is 15.6. The topological polar surface area (TPSA) is 128 Å². The van der Waals surface area contributed by atoms with Crippen LogP contribution in [0.1, 0.15) is 22.0 Å². The van der Waals surface area contributed by atoms with E-state index in [1.807, 2.05) is 0 Å². The van der Waals surface area contributed by atoms with E-state index in [2.05, 4.69) is 10.6 Å². The first kappa shape index (κ1) is 17.5. The van der Waals surface area contributed by atoms with Crippen LogP contribution in [0.4, 0.5) is 11.5 Å². The average molecular weight is 375 g/mol. The number of Topliss-reactive ketones (excluding diaryl/α,β-unsaturated/α-hetero) is 1. The molecule has 11 heteroatoms. The molecule has 0 saturated carbocycles. The molecule has 10 nitrogen and oxygen atoms in total. The first-order valence-electron chi connectivity index (χ1n) is 7.38. The minimum absolute atomic E-state index is 0.0477. The van der Waals surface area contributed by atoms with Crippen LogP contribution in [-0.4, -0.2) is 25.0 Å². The summed E-state index contributed by atoms with van der Waals surface area (Å²) in [4.78, 5) is 47.7. The van der Waals surface area contributed by atoms with Crippen LogP contribution in [0, 0.1) is 10.1 Å². The first-order valence-corrected chi connectivity index (χ1v) is 7.79. The second kappa shape index (κ2) is 6.19. The zero-order valence-corrected chi connectivity index (χ0v) is 14.5. The number of aromatic nitrogens is 2. The smallest absolute Gasteiger partial charge is 0.332 e. The average Bonchev–Trinajstić information content (AvgIpc) is 2.63. The number of nitrogens with one attached hydrogen (secondary N) is 2. The fourth-order valence-electron chi connectivity index (χ4n) is 2.74. The third-order valence-electron chi connectivity index (χ3n) is 4.12. The minimum atomic E-state index is -1.12. The monoisotopic (exact) mass is 375 g/mol. The third kappa shape index (κ3) is 2.67. The van der Waals surface area contributed by atoms with E-state index in [9.17, 15) is 24.5 Å². The Bertz CT molecular complexity index is 1070. The summed E-state index contributed by atoms with van der Waals surface area (Å²) in [6.45, 7) is 0. The van der Waals surface area contributed by atoms with Gasteiger partial charge in [-0.3, -0.25) is 28.8 Å². The molecule has 1 aliphatic rings. The van der Waals surface area contributed by atoms with Crippen molar-refractivity contribution in [1.82, 2.24) is 14.5 Å². The highest BCUT2D eigenvalue weighted by Crippen LogP contribution is 2.26. The number of nitro benzene ring substituents is 1. The standard InChI is InChI=1S/C15H13N5O5S/c1-18-12-9(13(22)19(2)15(18)23)10(16-14(26)17-12)11(21)7-3-5-8(6-4-7)20(24)25/h3-6,10H,1-2H3,(H2,16,17,26). The van der Waals surface area contributed by atoms with E-state index in [1.165, 1.54) is 42.9 Å². The van der Waals surface area contributed by atoms with Gasteiger partial charge in [0.15, 0.2) is 10.9 Å². The molecule has 0 radical (unpaired) electrons. The van der Waals surface area contributed by atoms with Crippen molar-refractivity contribution in [3.05, 3.63) is 66.3 Å². The molecular weight excluding hydrogens is 362 g/mol. The summed E-state index contributed by atoms with van der Waals surface area (Å²) >= 11 is 5.07. The van der Waals surface area contributed by atoms with Gasteiger partial charge in [-0.2, -0.15) is 0 Å². The van der Waals surface area contributed by atoms with Gasteiger partial charge in [-0.1, -0.05) is 0 Å². The van der Waals surface area contributed by atoms with Gasteiger partial charge in [0.2, 0.25) is 0 Å². The minimum Gasteiger partial charge on any atom is -0.348 e. The number of carbonyl (C=O) groups excluding carboxylic acids is 1. The summed E-state index contributed by atoms with van der Waals surface area (Å²) in [6.07, 6.45) is 0. The highest BCUT2D eigenvalue weighted by Gasteiger charge is 2.34. The molecule has 2 heterocycles. The molecule has 0 spiro atoms. The fraction of sp³-hybridized carbons (Fsp3) is 0.200. The van der Waals surface area contributed by atoms with Gasteiger partial charge in [-0.15, -0.1) is 0 Å². The Morgan fingerprint density at radius 3 is 2.38 bits per heavy atom. The number of thiocarbonyl (C=S) groups is 1. The van der Waals surface area contributed by atoms with Crippen molar-refractivity contribution < 1.29 is 9.72 Å². The number of non-ortho nitro benzene ring substituents is 1. The predicted molar refractivity (Wildman–Crippen MR) is 96.4 cm³/mol. The van der Waals surface area contributed by atoms with Crippen LogP contribution in [-0.2, 0) is 14.1 Å². The second-order valence-electron chi connectivity index (χ2n) is 5.67. The molecule has 1 unspecified atom stereocenters. The predicted octanol–water partition coefficient (Wildman–Crippen LogP) is 0.216. The van der Waals surface area contributed by atoms with E-state index in [0.29, 0.717) is 0 Å². The maximum atomic E-state index is 12.9. The molecule has 0 aliphatic carbocycles. The Morgan fingerprint density at radius 1 is 1.19 bits per heavy atom. The Hall–Kier alpha value is -3.34. The van der Waals surface area contributed by atoms with Crippen LogP contribution < -0.4 is 21.9 Å². The molecular formula is C15H13N5O5S. The molecule has 3 rings (SSSR count). The number of nitrogens with zero attached hydrogens (tertiary/aromatic N) is 3. The maximum Gasteiger partial charge on any atom is 0.332 e. The number of carbonyl (C=O) groups is 1. The number of ketones is 1. The number of hydrogen-bond acceptors (Lipinski definition) is 6. The highest BCUT2D eigenvalue weighted by atomic mass is 32.1. The van der Waals surface area contributed by atoms with Crippen molar-refractivity contribution in [3.63, 3.8) is 0 Å². The van der Waals surface area contributed by atoms with Crippen molar-refractivity contribution in [2.75, 3.05) is 5.32 Å². The van der Waals surface area contributed by atoms with Crippen LogP contribution in [0.5, 0.6) is 0 Å². The summed E-state index contributed by atoms with van der Waals surface area (Å²) in [5, 5.41) is 16.3. The van der Waals surface area contributed by atoms with Crippen molar-refractivity contribution in [3.8, 4) is 0 Å². The molecule has 0 amide bonds. The van der Waals surface area contributed by atoms with Crippen LogP contribution >= 0.6 is 12.2 Å². The lowest BCUT2D eigenvalue weighted by atomic mass is 9.97. The summed E-state index contributed by atoms with van der Waals surface area (Å²) in [7, 11) is 2.76. The number of hydrogen-bond donors (Lipinski definition) is 2. The molecule has 134 valence electrons. The molecule has 1 aromatic carbocycles. The van der Waals surface area contributed by atoms with E-state index in [1.54, 1.807) is 0 Å². The van der Waals surface area contributed by atoms with Gasteiger partial charge in [0.1, 0.15) is 11.9 Å². The summed E-state index contributed by atoms with van der Waals surface area (Å²) in [6, 6.07) is 3.89. The third-order valence-corrected chi connectivity index (χ3v) is 4.34. The van der Waals surface area contributed by atoms with Crippen molar-refractivity contribution in [2.24, 2.45) is 14.1 Å². The number of benzene rings is 1. The van der Waals surface area contributed by atoms with E-state index in [4.69, 9.17) is 12.2 Å². The van der Waals surface area contributed by atoms with E-state index in [-0.39, 0.29) is 27.7 Å². The van der Waals surface area contributed by atoms with Crippen molar-refractivity contribution in [2.45, 2.75) is 6.04 Å². The first-order chi connectivity index (χ1) is 12.2. The highest BCUT2D eigenvalue weighted by molar-refractivity contribution is 7.80. The van der Waals surface area contributed by atoms with E-state index in [0.717, 1.165) is 4.57 Å². The number of rotatable bonds is 3. The van der Waals surface area contributed by atoms with Gasteiger partial charge in [-0.25, -0.2) is 4.79 Å². The van der Waals surface area contributed by atoms with Crippen LogP contribution in [0.3, 0.4) is 0 Å². The van der Waals surface area contributed by atoms with Crippen LogP contribution in [0.2, 0.25) is 0 Å². The van der Waals surface area contributed by atoms with Gasteiger partial charge in [0.05, 0.1) is 10.5 Å². The zero-order valence-electron chi connectivity index (χ0n) is 13.7. The molecule has 1 aliphatic heterocycles. The van der Waals surface area contributed by atoms with Gasteiger partial charge in [-0.05, 0) is 24.4 Å². The molecule has 0 saturated heterocycles. The van der Waals surface area contributed by atoms with Gasteiger partial charge < -0.3 is 10.6 Å². The van der Waals surface area contributed by atoms with Gasteiger partial charge >= 0.3 is 5.69 Å². The maximum absolute atomic E-state index is 12.9. The number of anilines is 1. The zero-order chi connectivity index (χ0) is 19.2. The Kier molecular flexibility index (Phi) is 4.16. The van der Waals surface area contributed by atoms with Crippen molar-refractivity contribution in [1.29, 1.82) is 0 Å². The van der Waals surface area contributed by atoms with Gasteiger partial charge in [0.25, 0.3) is 11.2 Å². The molecule has 0 bridgehead atoms. The lowest BCUT2D eigenvalue weighted by Crippen LogP contribution is -2.50. The largest absolute Gasteiger partial charge is 0.348 e. The summed E-state index contributed by atoms with van der Waals surface area (Å²) in [5.41, 5.74) is -1.14. The van der Waals surface area contributed by atoms with Gasteiger partial charge in [0, 0.05) is 31.8 Å². The quantitative estimate of drug-likeness (QED) is 0.337. The van der Waals surface area contributed by atoms with Crippen molar-refractivity contribution >= 4 is 34.6 Å². The Labute approximate surface area is 151 Å². The number of nitro groups is 1. The Morgan fingerprint density at radius 2 is 1.81 bits per heavy atom. The molecule has 1 aromatic heterocycles. The summed E-state index contributed by atoms with van der Waals surface area (Å²) in [5.74, 6) is -0.358. The summed E-state index contributed by atoms with van der Waals surface area (Å²) < 4.78 is 2.09. The molecule has 0 fully saturated rings. The molecule has 2 aromatic rings. The SMILES string of the molecule is Cn1c2c(c(=O)n(C)c1=O)C(C(=O)c1ccc([N+](=O)[O-])cc1)NC(=S)N2. The molecule has 2 N–H and O–H groups in total. The second-order valence-corrected chi connectivity index (χ2v) is 6.08. The lowest BCUT2D eigenvalue weighted by molar-refractivity contribution is -0.384. The van der Waals surface area contributed by atoms with Crippen LogP contribution in [0.15, 0.2) is 33.9 Å². The van der Waals surface area contributed by atoms with Crippen LogP contribution in [0.25, 0.3) is 0 Å². The number of fused-ring (bicyclic) bond motifs is 1. The Balaban J connectivity index is 2.14. The molecule has 26 heavy (non-hydrogen) atoms. The molecule has 1 atom stereocenters. The fourth-order valence-corrected chi connectivity index (χ4v) is 2.95.